The number of aromatic nitrogens is 3. The summed E-state index contributed by atoms with van der Waals surface area (Å²) in [5.74, 6) is 2.04. The van der Waals surface area contributed by atoms with Crippen molar-refractivity contribution < 1.29 is 14.3 Å². The van der Waals surface area contributed by atoms with Gasteiger partial charge in [-0.3, -0.25) is 9.78 Å². The molecule has 0 saturated carbocycles. The highest BCUT2D eigenvalue weighted by Gasteiger charge is 2.13. The third kappa shape index (κ3) is 4.10. The van der Waals surface area contributed by atoms with Crippen LogP contribution in [0.5, 0.6) is 11.5 Å². The van der Waals surface area contributed by atoms with Crippen LogP contribution in [-0.2, 0) is 13.7 Å². The Morgan fingerprint density at radius 2 is 1.87 bits per heavy atom. The molecule has 2 aromatic carbocycles. The highest BCUT2D eigenvalue weighted by Crippen LogP contribution is 2.23. The van der Waals surface area contributed by atoms with E-state index in [9.17, 15) is 4.79 Å². The molecular formula is C23H22N4O3. The van der Waals surface area contributed by atoms with Gasteiger partial charge in [-0.25, -0.2) is 4.98 Å². The van der Waals surface area contributed by atoms with Crippen LogP contribution in [0.1, 0.15) is 21.9 Å². The van der Waals surface area contributed by atoms with Gasteiger partial charge in [-0.2, -0.15) is 0 Å². The van der Waals surface area contributed by atoms with Gasteiger partial charge < -0.3 is 19.4 Å². The van der Waals surface area contributed by atoms with Crippen molar-refractivity contribution in [1.82, 2.24) is 14.5 Å². The summed E-state index contributed by atoms with van der Waals surface area (Å²) < 4.78 is 12.9. The van der Waals surface area contributed by atoms with E-state index in [0.29, 0.717) is 29.3 Å². The molecule has 0 bridgehead atoms. The Hall–Kier alpha value is -3.87. The predicted molar refractivity (Wildman–Crippen MR) is 115 cm³/mol. The van der Waals surface area contributed by atoms with Crippen molar-refractivity contribution in [2.75, 3.05) is 12.4 Å². The fraction of sp³-hybridized carbons (Fsp3) is 0.174. The molecule has 7 heteroatoms. The second kappa shape index (κ2) is 8.24. The van der Waals surface area contributed by atoms with Crippen molar-refractivity contribution >= 4 is 22.5 Å². The van der Waals surface area contributed by atoms with Gasteiger partial charge in [0.05, 0.1) is 23.9 Å². The van der Waals surface area contributed by atoms with Gasteiger partial charge in [0.2, 0.25) is 0 Å². The summed E-state index contributed by atoms with van der Waals surface area (Å²) in [6, 6.07) is 14.7. The molecule has 4 aromatic rings. The highest BCUT2D eigenvalue weighted by molar-refractivity contribution is 6.06. The van der Waals surface area contributed by atoms with Gasteiger partial charge in [0, 0.05) is 30.5 Å². The molecule has 0 aliphatic carbocycles. The maximum Gasteiger partial charge on any atom is 0.257 e. The zero-order valence-corrected chi connectivity index (χ0v) is 17.0. The van der Waals surface area contributed by atoms with Crippen molar-refractivity contribution in [1.29, 1.82) is 0 Å². The molecule has 0 aliphatic rings. The molecule has 0 radical (unpaired) electrons. The van der Waals surface area contributed by atoms with Gasteiger partial charge in [0.1, 0.15) is 23.9 Å². The van der Waals surface area contributed by atoms with Crippen LogP contribution < -0.4 is 14.8 Å². The molecule has 1 N–H and O–H groups in total. The van der Waals surface area contributed by atoms with E-state index in [-0.39, 0.29) is 5.91 Å². The quantitative estimate of drug-likeness (QED) is 0.525. The minimum absolute atomic E-state index is 0.216. The zero-order valence-electron chi connectivity index (χ0n) is 17.0. The SMILES string of the molecule is COc1ccc2nc(C)c(C(=O)Nc3ccc(OCc4nccn4C)cc3)cc2c1. The number of aryl methyl sites for hydroxylation is 2. The summed E-state index contributed by atoms with van der Waals surface area (Å²) >= 11 is 0. The summed E-state index contributed by atoms with van der Waals surface area (Å²) in [4.78, 5) is 21.6. The van der Waals surface area contributed by atoms with Crippen molar-refractivity contribution in [3.63, 3.8) is 0 Å². The molecule has 2 aromatic heterocycles. The lowest BCUT2D eigenvalue weighted by Gasteiger charge is -2.11. The van der Waals surface area contributed by atoms with E-state index in [0.717, 1.165) is 22.5 Å². The van der Waals surface area contributed by atoms with E-state index >= 15 is 0 Å². The Kier molecular flexibility index (Phi) is 5.34. The maximum atomic E-state index is 12.8. The number of imidazole rings is 1. The fourth-order valence-corrected chi connectivity index (χ4v) is 3.12. The summed E-state index contributed by atoms with van der Waals surface area (Å²) in [6.07, 6.45) is 3.61. The van der Waals surface area contributed by atoms with E-state index in [1.165, 1.54) is 0 Å². The number of carbonyl (C=O) groups is 1. The number of hydrogen-bond donors (Lipinski definition) is 1. The Labute approximate surface area is 174 Å². The van der Waals surface area contributed by atoms with Crippen LogP contribution in [0.25, 0.3) is 10.9 Å². The number of hydrogen-bond acceptors (Lipinski definition) is 5. The average Bonchev–Trinajstić information content (AvgIpc) is 3.17. The number of fused-ring (bicyclic) bond motifs is 1. The minimum Gasteiger partial charge on any atom is -0.497 e. The molecule has 0 unspecified atom stereocenters. The number of ether oxygens (including phenoxy) is 2. The zero-order chi connectivity index (χ0) is 21.1. The third-order valence-corrected chi connectivity index (χ3v) is 4.86. The van der Waals surface area contributed by atoms with Crippen LogP contribution in [0.2, 0.25) is 0 Å². The lowest BCUT2D eigenvalue weighted by Crippen LogP contribution is -2.14. The molecule has 2 heterocycles. The number of anilines is 1. The minimum atomic E-state index is -0.216. The monoisotopic (exact) mass is 402 g/mol. The van der Waals surface area contributed by atoms with Crippen LogP contribution >= 0.6 is 0 Å². The maximum absolute atomic E-state index is 12.8. The standard InChI is InChI=1S/C23H22N4O3/c1-15-20(13-16-12-19(29-3)8-9-21(16)25-15)23(28)26-17-4-6-18(7-5-17)30-14-22-24-10-11-27(22)2/h4-13H,14H2,1-3H3,(H,26,28). The van der Waals surface area contributed by atoms with Crippen molar-refractivity contribution in [3.8, 4) is 11.5 Å². The molecule has 0 fully saturated rings. The third-order valence-electron chi connectivity index (χ3n) is 4.86. The van der Waals surface area contributed by atoms with Crippen LogP contribution in [-0.4, -0.2) is 27.6 Å². The molecule has 152 valence electrons. The fourth-order valence-electron chi connectivity index (χ4n) is 3.12. The Balaban J connectivity index is 1.46. The predicted octanol–water partition coefficient (Wildman–Crippen LogP) is 4.12. The molecule has 7 nitrogen and oxygen atoms in total. The first kappa shape index (κ1) is 19.4. The average molecular weight is 402 g/mol. The molecule has 0 saturated heterocycles. The second-order valence-electron chi connectivity index (χ2n) is 6.90. The molecule has 0 aliphatic heterocycles. The largest absolute Gasteiger partial charge is 0.497 e. The van der Waals surface area contributed by atoms with Crippen molar-refractivity contribution in [2.24, 2.45) is 7.05 Å². The Bertz CT molecular complexity index is 1200. The van der Waals surface area contributed by atoms with Crippen molar-refractivity contribution in [3.05, 3.63) is 78.0 Å². The van der Waals surface area contributed by atoms with Crippen molar-refractivity contribution in [2.45, 2.75) is 13.5 Å². The van der Waals surface area contributed by atoms with Gasteiger partial charge in [0.15, 0.2) is 0 Å². The summed E-state index contributed by atoms with van der Waals surface area (Å²) in [7, 11) is 3.53. The van der Waals surface area contributed by atoms with E-state index in [1.807, 2.05) is 61.1 Å². The van der Waals surface area contributed by atoms with Gasteiger partial charge in [0.25, 0.3) is 5.91 Å². The molecule has 1 amide bonds. The first-order chi connectivity index (χ1) is 14.5. The van der Waals surface area contributed by atoms with Gasteiger partial charge in [-0.15, -0.1) is 0 Å². The first-order valence-electron chi connectivity index (χ1n) is 9.49. The van der Waals surface area contributed by atoms with E-state index in [1.54, 1.807) is 25.4 Å². The molecule has 0 spiro atoms. The number of benzene rings is 2. The summed E-state index contributed by atoms with van der Waals surface area (Å²) in [5.41, 5.74) is 2.68. The summed E-state index contributed by atoms with van der Waals surface area (Å²) in [6.45, 7) is 2.20. The molecule has 30 heavy (non-hydrogen) atoms. The van der Waals surface area contributed by atoms with Gasteiger partial charge in [-0.1, -0.05) is 0 Å². The van der Waals surface area contributed by atoms with E-state index < -0.39 is 0 Å². The smallest absolute Gasteiger partial charge is 0.257 e. The van der Waals surface area contributed by atoms with Gasteiger partial charge in [-0.05, 0) is 55.5 Å². The van der Waals surface area contributed by atoms with E-state index in [4.69, 9.17) is 9.47 Å². The number of amides is 1. The first-order valence-corrected chi connectivity index (χ1v) is 9.49. The van der Waals surface area contributed by atoms with Gasteiger partial charge >= 0.3 is 0 Å². The number of nitrogens with one attached hydrogen (secondary N) is 1. The normalized spacial score (nSPS) is 10.8. The molecule has 4 rings (SSSR count). The van der Waals surface area contributed by atoms with Crippen LogP contribution in [0.4, 0.5) is 5.69 Å². The molecule has 0 atom stereocenters. The molecular weight excluding hydrogens is 380 g/mol. The number of rotatable bonds is 6. The lowest BCUT2D eigenvalue weighted by atomic mass is 10.1. The van der Waals surface area contributed by atoms with Crippen LogP contribution in [0.15, 0.2) is 60.9 Å². The topological polar surface area (TPSA) is 78.3 Å². The highest BCUT2D eigenvalue weighted by atomic mass is 16.5. The van der Waals surface area contributed by atoms with Crippen LogP contribution in [0, 0.1) is 6.92 Å². The number of methoxy groups -OCH3 is 1. The second-order valence-corrected chi connectivity index (χ2v) is 6.90. The number of carbonyl (C=O) groups excluding carboxylic acids is 1. The Morgan fingerprint density at radius 1 is 1.10 bits per heavy atom. The number of nitrogens with zero attached hydrogens (tertiary/aromatic N) is 3. The summed E-state index contributed by atoms with van der Waals surface area (Å²) in [5, 5.41) is 3.77. The number of pyridine rings is 1. The van der Waals surface area contributed by atoms with E-state index in [2.05, 4.69) is 15.3 Å². The van der Waals surface area contributed by atoms with Crippen LogP contribution in [0.3, 0.4) is 0 Å². The Morgan fingerprint density at radius 3 is 2.57 bits per heavy atom. The lowest BCUT2D eigenvalue weighted by molar-refractivity contribution is 0.102.